The molecule has 3 aliphatic heterocycles. The van der Waals surface area contributed by atoms with E-state index in [2.05, 4.69) is 43.5 Å². The standard InChI is InChI=1S/C63H115NO18/c1-3-5-7-9-11-13-15-17-19-21-22-23-24-25-27-29-31-33-35-37-39-41-51(69)64-46(47(68)40-38-36-34-32-30-28-26-20-18-16-14-12-10-8-6-4-2)45-77-61-57(75)54(72)59(49(43-66)79-61)82-63-58(76)55(73)60(50(44-67)80-63)81-62-56(74)53(71)52(70)48(42-65)78-62/h21-22,30,32,38,40,46-50,52-63,65-68,70-76H,3-20,23-29,31,33-37,39,41-45H2,1-2H3,(H,64,69)/b22-21-,32-30+,40-38+. The van der Waals surface area contributed by atoms with Gasteiger partial charge in [-0.05, 0) is 57.8 Å². The molecule has 3 aliphatic rings. The maximum atomic E-state index is 13.4. The zero-order valence-corrected chi connectivity index (χ0v) is 50.2. The van der Waals surface area contributed by atoms with Crippen LogP contribution in [0.1, 0.15) is 226 Å². The van der Waals surface area contributed by atoms with Crippen molar-refractivity contribution in [1.29, 1.82) is 0 Å². The first kappa shape index (κ1) is 74.3. The highest BCUT2D eigenvalue weighted by atomic mass is 16.8. The Morgan fingerprint density at radius 2 is 0.780 bits per heavy atom. The number of aliphatic hydroxyl groups is 11. The van der Waals surface area contributed by atoms with Gasteiger partial charge >= 0.3 is 0 Å². The second-order valence-electron chi connectivity index (χ2n) is 23.2. The summed E-state index contributed by atoms with van der Waals surface area (Å²) >= 11 is 0. The lowest BCUT2D eigenvalue weighted by atomic mass is 9.96. The van der Waals surface area contributed by atoms with Crippen molar-refractivity contribution < 1.29 is 89.4 Å². The van der Waals surface area contributed by atoms with Crippen LogP contribution < -0.4 is 5.32 Å². The SMILES string of the molecule is CCCCCCCCCC/C=C\CCCCCCCCCCCC(=O)NC(COC1OC(CO)C(OC2OC(CO)C(OC3OC(CO)C(O)C(O)C3O)C(O)C2O)C(O)C1O)C(O)/C=C/CC/C=C/CCCCCCCCCCCC. The van der Waals surface area contributed by atoms with E-state index in [1.165, 1.54) is 141 Å². The number of nitrogens with one attached hydrogen (secondary N) is 1. The predicted molar refractivity (Wildman–Crippen MR) is 314 cm³/mol. The van der Waals surface area contributed by atoms with Crippen LogP contribution in [0, 0.1) is 0 Å². The highest BCUT2D eigenvalue weighted by Gasteiger charge is 2.53. The number of carbonyl (C=O) groups excluding carboxylic acids is 1. The summed E-state index contributed by atoms with van der Waals surface area (Å²) in [4.78, 5) is 13.4. The molecule has 17 atom stereocenters. The van der Waals surface area contributed by atoms with E-state index in [9.17, 15) is 61.0 Å². The number of hydrogen-bond donors (Lipinski definition) is 12. The second-order valence-corrected chi connectivity index (χ2v) is 23.2. The fourth-order valence-corrected chi connectivity index (χ4v) is 10.8. The number of amides is 1. The largest absolute Gasteiger partial charge is 0.394 e. The Bertz CT molecular complexity index is 1640. The van der Waals surface area contributed by atoms with Crippen LogP contribution in [0.25, 0.3) is 0 Å². The van der Waals surface area contributed by atoms with E-state index in [1.54, 1.807) is 6.08 Å². The molecule has 3 rings (SSSR count). The minimum atomic E-state index is -1.98. The quantitative estimate of drug-likeness (QED) is 0.0218. The maximum Gasteiger partial charge on any atom is 0.220 e. The maximum absolute atomic E-state index is 13.4. The van der Waals surface area contributed by atoms with Gasteiger partial charge in [0.15, 0.2) is 18.9 Å². The Morgan fingerprint density at radius 3 is 1.22 bits per heavy atom. The van der Waals surface area contributed by atoms with E-state index in [-0.39, 0.29) is 18.9 Å². The summed E-state index contributed by atoms with van der Waals surface area (Å²) in [5.41, 5.74) is 0. The van der Waals surface area contributed by atoms with Crippen LogP contribution in [0.5, 0.6) is 0 Å². The van der Waals surface area contributed by atoms with Gasteiger partial charge in [-0.15, -0.1) is 0 Å². The Labute approximate surface area is 491 Å². The number of unbranched alkanes of at least 4 members (excludes halogenated alkanes) is 28. The molecule has 0 spiro atoms. The summed E-state index contributed by atoms with van der Waals surface area (Å²) in [6.45, 7) is 1.71. The lowest BCUT2D eigenvalue weighted by Crippen LogP contribution is -2.66. The molecule has 3 heterocycles. The molecule has 17 unspecified atom stereocenters. The summed E-state index contributed by atoms with van der Waals surface area (Å²) in [5.74, 6) is -0.287. The van der Waals surface area contributed by atoms with Crippen LogP contribution in [-0.4, -0.2) is 193 Å². The molecule has 19 heteroatoms. The fraction of sp³-hybridized carbons (Fsp3) is 0.889. The van der Waals surface area contributed by atoms with Crippen molar-refractivity contribution in [1.82, 2.24) is 5.32 Å². The third-order valence-corrected chi connectivity index (χ3v) is 16.2. The van der Waals surface area contributed by atoms with E-state index in [0.717, 1.165) is 51.4 Å². The third kappa shape index (κ3) is 29.1. The van der Waals surface area contributed by atoms with E-state index >= 15 is 0 Å². The number of hydrogen-bond acceptors (Lipinski definition) is 18. The lowest BCUT2D eigenvalue weighted by molar-refractivity contribution is -0.379. The average Bonchev–Trinajstić information content (AvgIpc) is 3.40. The molecule has 0 radical (unpaired) electrons. The van der Waals surface area contributed by atoms with Crippen LogP contribution in [0.15, 0.2) is 36.5 Å². The van der Waals surface area contributed by atoms with Gasteiger partial charge in [-0.25, -0.2) is 0 Å². The van der Waals surface area contributed by atoms with Gasteiger partial charge in [-0.2, -0.15) is 0 Å². The molecule has 480 valence electrons. The molecular formula is C63H115NO18. The highest BCUT2D eigenvalue weighted by Crippen LogP contribution is 2.33. The second kappa shape index (κ2) is 46.2. The number of carbonyl (C=O) groups is 1. The number of allylic oxidation sites excluding steroid dienone is 5. The van der Waals surface area contributed by atoms with Crippen molar-refractivity contribution in [3.63, 3.8) is 0 Å². The molecule has 0 saturated carbocycles. The van der Waals surface area contributed by atoms with Crippen molar-refractivity contribution >= 4 is 5.91 Å². The first-order valence-electron chi connectivity index (χ1n) is 32.2. The topological polar surface area (TPSA) is 307 Å². The molecule has 3 fully saturated rings. The smallest absolute Gasteiger partial charge is 0.220 e. The average molecular weight is 1170 g/mol. The van der Waals surface area contributed by atoms with E-state index < -0.39 is 124 Å². The zero-order valence-electron chi connectivity index (χ0n) is 50.2. The molecular weight excluding hydrogens is 1060 g/mol. The first-order valence-corrected chi connectivity index (χ1v) is 32.2. The normalized spacial score (nSPS) is 29.8. The van der Waals surface area contributed by atoms with Crippen molar-refractivity contribution in [2.45, 2.75) is 330 Å². The van der Waals surface area contributed by atoms with E-state index in [0.29, 0.717) is 12.8 Å². The van der Waals surface area contributed by atoms with E-state index in [4.69, 9.17) is 28.4 Å². The van der Waals surface area contributed by atoms with Crippen molar-refractivity contribution in [2.24, 2.45) is 0 Å². The summed E-state index contributed by atoms with van der Waals surface area (Å²) in [6.07, 6.45) is 24.1. The Kier molecular flexibility index (Phi) is 41.8. The van der Waals surface area contributed by atoms with Crippen LogP contribution in [0.3, 0.4) is 0 Å². The first-order chi connectivity index (χ1) is 39.8. The Morgan fingerprint density at radius 1 is 0.427 bits per heavy atom. The molecule has 0 aromatic rings. The Hall–Kier alpha value is -1.99. The summed E-state index contributed by atoms with van der Waals surface area (Å²) in [5, 5.41) is 120. The van der Waals surface area contributed by atoms with Gasteiger partial charge < -0.3 is 89.9 Å². The summed E-state index contributed by atoms with van der Waals surface area (Å²) < 4.78 is 34.3. The zero-order chi connectivity index (χ0) is 59.7. The molecule has 0 aromatic heterocycles. The van der Waals surface area contributed by atoms with Gasteiger partial charge in [-0.3, -0.25) is 4.79 Å². The van der Waals surface area contributed by atoms with Gasteiger partial charge in [0, 0.05) is 6.42 Å². The molecule has 1 amide bonds. The van der Waals surface area contributed by atoms with Gasteiger partial charge in [0.05, 0.1) is 38.6 Å². The minimum Gasteiger partial charge on any atom is -0.394 e. The molecule has 0 aliphatic carbocycles. The van der Waals surface area contributed by atoms with Crippen molar-refractivity contribution in [2.75, 3.05) is 26.4 Å². The van der Waals surface area contributed by atoms with Gasteiger partial charge in [0.25, 0.3) is 0 Å². The van der Waals surface area contributed by atoms with Crippen molar-refractivity contribution in [3.05, 3.63) is 36.5 Å². The van der Waals surface area contributed by atoms with Crippen LogP contribution in [-0.2, 0) is 33.2 Å². The van der Waals surface area contributed by atoms with Crippen LogP contribution in [0.4, 0.5) is 0 Å². The Balaban J connectivity index is 1.48. The van der Waals surface area contributed by atoms with E-state index in [1.807, 2.05) is 6.08 Å². The van der Waals surface area contributed by atoms with Gasteiger partial charge in [0.2, 0.25) is 5.91 Å². The lowest BCUT2D eigenvalue weighted by Gasteiger charge is -2.48. The number of aliphatic hydroxyl groups excluding tert-OH is 11. The monoisotopic (exact) mass is 1170 g/mol. The predicted octanol–water partition coefficient (Wildman–Crippen LogP) is 6.88. The van der Waals surface area contributed by atoms with Crippen molar-refractivity contribution in [3.8, 4) is 0 Å². The van der Waals surface area contributed by atoms with Crippen LogP contribution >= 0.6 is 0 Å². The van der Waals surface area contributed by atoms with Crippen LogP contribution in [0.2, 0.25) is 0 Å². The number of ether oxygens (including phenoxy) is 6. The molecule has 82 heavy (non-hydrogen) atoms. The molecule has 0 bridgehead atoms. The summed E-state index contributed by atoms with van der Waals surface area (Å²) in [7, 11) is 0. The highest BCUT2D eigenvalue weighted by molar-refractivity contribution is 5.76. The third-order valence-electron chi connectivity index (χ3n) is 16.2. The minimum absolute atomic E-state index is 0.234. The number of rotatable bonds is 48. The molecule has 12 N–H and O–H groups in total. The fourth-order valence-electron chi connectivity index (χ4n) is 10.8. The van der Waals surface area contributed by atoms with Gasteiger partial charge in [0.1, 0.15) is 73.2 Å². The summed E-state index contributed by atoms with van der Waals surface area (Å²) in [6, 6.07) is -0.989. The molecule has 3 saturated heterocycles. The molecule has 19 nitrogen and oxygen atoms in total. The molecule has 0 aromatic carbocycles. The van der Waals surface area contributed by atoms with Gasteiger partial charge in [-0.1, -0.05) is 198 Å².